The van der Waals surface area contributed by atoms with Crippen LogP contribution >= 0.6 is 0 Å². The molecule has 0 spiro atoms. The second-order valence-electron chi connectivity index (χ2n) is 3.86. The second kappa shape index (κ2) is 5.55. The summed E-state index contributed by atoms with van der Waals surface area (Å²) in [5.74, 6) is 0.0906. The fourth-order valence-electron chi connectivity index (χ4n) is 1.54. The standard InChI is InChI=1S/C13H13FN2O2/c1-9-2-3-13(12(7-17)16-9)18-8-10-4-11(14)6-15-5-10/h2-6,17H,7-8H2,1H3. The highest BCUT2D eigenvalue weighted by atomic mass is 19.1. The van der Waals surface area contributed by atoms with Gasteiger partial charge in [0, 0.05) is 17.5 Å². The average molecular weight is 248 g/mol. The van der Waals surface area contributed by atoms with Crippen LogP contribution in [0.25, 0.3) is 0 Å². The van der Waals surface area contributed by atoms with Gasteiger partial charge in [-0.25, -0.2) is 4.39 Å². The summed E-state index contributed by atoms with van der Waals surface area (Å²) >= 11 is 0. The zero-order valence-corrected chi connectivity index (χ0v) is 9.93. The van der Waals surface area contributed by atoms with Gasteiger partial charge >= 0.3 is 0 Å². The van der Waals surface area contributed by atoms with Gasteiger partial charge in [-0.1, -0.05) is 0 Å². The molecule has 4 nitrogen and oxygen atoms in total. The van der Waals surface area contributed by atoms with Crippen LogP contribution < -0.4 is 4.74 Å². The van der Waals surface area contributed by atoms with E-state index in [1.165, 1.54) is 12.3 Å². The molecule has 0 unspecified atom stereocenters. The van der Waals surface area contributed by atoms with E-state index in [2.05, 4.69) is 9.97 Å². The molecule has 94 valence electrons. The van der Waals surface area contributed by atoms with Crippen molar-refractivity contribution in [2.45, 2.75) is 20.1 Å². The van der Waals surface area contributed by atoms with E-state index in [9.17, 15) is 4.39 Å². The molecule has 0 radical (unpaired) electrons. The molecule has 18 heavy (non-hydrogen) atoms. The van der Waals surface area contributed by atoms with E-state index < -0.39 is 5.82 Å². The van der Waals surface area contributed by atoms with Crippen molar-refractivity contribution in [3.63, 3.8) is 0 Å². The van der Waals surface area contributed by atoms with Crippen molar-refractivity contribution in [1.82, 2.24) is 9.97 Å². The third kappa shape index (κ3) is 3.01. The summed E-state index contributed by atoms with van der Waals surface area (Å²) in [5.41, 5.74) is 1.90. The number of hydrogen-bond acceptors (Lipinski definition) is 4. The fraction of sp³-hybridized carbons (Fsp3) is 0.231. The lowest BCUT2D eigenvalue weighted by Gasteiger charge is -2.09. The number of aryl methyl sites for hydroxylation is 1. The minimum atomic E-state index is -0.402. The molecule has 0 amide bonds. The average Bonchev–Trinajstić information content (AvgIpc) is 2.37. The van der Waals surface area contributed by atoms with E-state index in [1.807, 2.05) is 6.92 Å². The Bertz CT molecular complexity index is 546. The topological polar surface area (TPSA) is 55.2 Å². The van der Waals surface area contributed by atoms with Crippen LogP contribution in [0.1, 0.15) is 17.0 Å². The molecule has 0 bridgehead atoms. The van der Waals surface area contributed by atoms with E-state index in [-0.39, 0.29) is 13.2 Å². The molecule has 0 saturated heterocycles. The number of hydrogen-bond donors (Lipinski definition) is 1. The van der Waals surface area contributed by atoms with Gasteiger partial charge in [-0.3, -0.25) is 9.97 Å². The maximum absolute atomic E-state index is 12.9. The van der Waals surface area contributed by atoms with Crippen LogP contribution in [-0.4, -0.2) is 15.1 Å². The molecule has 0 aliphatic carbocycles. The molecule has 2 aromatic heterocycles. The zero-order chi connectivity index (χ0) is 13.0. The highest BCUT2D eigenvalue weighted by Gasteiger charge is 2.05. The molecule has 0 atom stereocenters. The second-order valence-corrected chi connectivity index (χ2v) is 3.86. The molecular formula is C13H13FN2O2. The number of nitrogens with zero attached hydrogens (tertiary/aromatic N) is 2. The largest absolute Gasteiger partial charge is 0.487 e. The predicted octanol–water partition coefficient (Wildman–Crippen LogP) is 2.00. The summed E-state index contributed by atoms with van der Waals surface area (Å²) in [4.78, 5) is 7.89. The Morgan fingerprint density at radius 3 is 2.89 bits per heavy atom. The third-order valence-electron chi connectivity index (χ3n) is 2.38. The third-order valence-corrected chi connectivity index (χ3v) is 2.38. The number of ether oxygens (including phenoxy) is 1. The highest BCUT2D eigenvalue weighted by Crippen LogP contribution is 2.18. The van der Waals surface area contributed by atoms with E-state index >= 15 is 0 Å². The summed E-state index contributed by atoms with van der Waals surface area (Å²) in [7, 11) is 0. The predicted molar refractivity (Wildman–Crippen MR) is 63.4 cm³/mol. The SMILES string of the molecule is Cc1ccc(OCc2cncc(F)c2)c(CO)n1. The highest BCUT2D eigenvalue weighted by molar-refractivity contribution is 5.29. The van der Waals surface area contributed by atoms with Crippen molar-refractivity contribution in [3.8, 4) is 5.75 Å². The van der Waals surface area contributed by atoms with Gasteiger partial charge < -0.3 is 9.84 Å². The summed E-state index contributed by atoms with van der Waals surface area (Å²) in [6.07, 6.45) is 2.67. The smallest absolute Gasteiger partial charge is 0.143 e. The van der Waals surface area contributed by atoms with E-state index in [0.717, 1.165) is 11.9 Å². The van der Waals surface area contributed by atoms with Crippen LogP contribution in [-0.2, 0) is 13.2 Å². The molecule has 0 fully saturated rings. The lowest BCUT2D eigenvalue weighted by Crippen LogP contribution is -2.02. The summed E-state index contributed by atoms with van der Waals surface area (Å²) in [5, 5.41) is 9.17. The maximum atomic E-state index is 12.9. The van der Waals surface area contributed by atoms with E-state index in [0.29, 0.717) is 17.0 Å². The van der Waals surface area contributed by atoms with Crippen LogP contribution in [0.5, 0.6) is 5.75 Å². The van der Waals surface area contributed by atoms with Crippen molar-refractivity contribution in [3.05, 3.63) is 53.4 Å². The molecule has 0 aromatic carbocycles. The Morgan fingerprint density at radius 2 is 2.17 bits per heavy atom. The fourth-order valence-corrected chi connectivity index (χ4v) is 1.54. The molecule has 2 rings (SSSR count). The Morgan fingerprint density at radius 1 is 1.33 bits per heavy atom. The first-order valence-electron chi connectivity index (χ1n) is 5.48. The monoisotopic (exact) mass is 248 g/mol. The maximum Gasteiger partial charge on any atom is 0.143 e. The first-order chi connectivity index (χ1) is 8.69. The van der Waals surface area contributed by atoms with Gasteiger partial charge in [0.15, 0.2) is 0 Å². The van der Waals surface area contributed by atoms with Crippen molar-refractivity contribution in [2.24, 2.45) is 0 Å². The van der Waals surface area contributed by atoms with Crippen LogP contribution in [0, 0.1) is 12.7 Å². The summed E-state index contributed by atoms with van der Waals surface area (Å²) in [6.45, 7) is 1.82. The van der Waals surface area contributed by atoms with Crippen molar-refractivity contribution >= 4 is 0 Å². The zero-order valence-electron chi connectivity index (χ0n) is 9.93. The molecule has 0 aliphatic heterocycles. The Hall–Kier alpha value is -2.01. The van der Waals surface area contributed by atoms with Crippen LogP contribution in [0.2, 0.25) is 0 Å². The van der Waals surface area contributed by atoms with Crippen molar-refractivity contribution < 1.29 is 14.2 Å². The van der Waals surface area contributed by atoms with Gasteiger partial charge in [-0.05, 0) is 25.1 Å². The Labute approximate surface area is 104 Å². The molecule has 0 saturated carbocycles. The Kier molecular flexibility index (Phi) is 3.84. The number of halogens is 1. The van der Waals surface area contributed by atoms with Crippen LogP contribution in [0.4, 0.5) is 4.39 Å². The number of aromatic nitrogens is 2. The number of aliphatic hydroxyl groups excluding tert-OH is 1. The van der Waals surface area contributed by atoms with Gasteiger partial charge in [0.05, 0.1) is 12.8 Å². The lowest BCUT2D eigenvalue weighted by molar-refractivity contribution is 0.253. The summed E-state index contributed by atoms with van der Waals surface area (Å²) < 4.78 is 18.4. The van der Waals surface area contributed by atoms with Crippen molar-refractivity contribution in [2.75, 3.05) is 0 Å². The van der Waals surface area contributed by atoms with Crippen molar-refractivity contribution in [1.29, 1.82) is 0 Å². The first kappa shape index (κ1) is 12.4. The van der Waals surface area contributed by atoms with Gasteiger partial charge in [-0.15, -0.1) is 0 Å². The number of rotatable bonds is 4. The van der Waals surface area contributed by atoms with E-state index in [1.54, 1.807) is 12.1 Å². The van der Waals surface area contributed by atoms with Gasteiger partial charge in [0.2, 0.25) is 0 Å². The minimum Gasteiger partial charge on any atom is -0.487 e. The lowest BCUT2D eigenvalue weighted by atomic mass is 10.3. The molecule has 1 N–H and O–H groups in total. The normalized spacial score (nSPS) is 10.4. The van der Waals surface area contributed by atoms with Crippen LogP contribution in [0.3, 0.4) is 0 Å². The number of pyridine rings is 2. The molecule has 2 heterocycles. The molecule has 5 heteroatoms. The quantitative estimate of drug-likeness (QED) is 0.899. The number of aliphatic hydroxyl groups is 1. The summed E-state index contributed by atoms with van der Waals surface area (Å²) in [6, 6.07) is 4.88. The van der Waals surface area contributed by atoms with Gasteiger partial charge in [0.25, 0.3) is 0 Å². The van der Waals surface area contributed by atoms with Gasteiger partial charge in [0.1, 0.15) is 23.9 Å². The molecule has 2 aromatic rings. The minimum absolute atomic E-state index is 0.183. The molecular weight excluding hydrogens is 235 g/mol. The Balaban J connectivity index is 2.10. The van der Waals surface area contributed by atoms with Crippen LogP contribution in [0.15, 0.2) is 30.6 Å². The van der Waals surface area contributed by atoms with E-state index in [4.69, 9.17) is 9.84 Å². The first-order valence-corrected chi connectivity index (χ1v) is 5.48. The van der Waals surface area contributed by atoms with Gasteiger partial charge in [-0.2, -0.15) is 0 Å². The molecule has 0 aliphatic rings.